The average Bonchev–Trinajstić information content (AvgIpc) is 3.06. The zero-order valence-corrected chi connectivity index (χ0v) is 16.6. The van der Waals surface area contributed by atoms with Crippen LogP contribution in [0.25, 0.3) is 0 Å². The van der Waals surface area contributed by atoms with E-state index < -0.39 is 26.5 Å². The van der Waals surface area contributed by atoms with Crippen molar-refractivity contribution in [2.24, 2.45) is 0 Å². The number of carbonyl (C=O) groups excluding carboxylic acids is 1. The number of nitrogens with zero attached hydrogens (tertiary/aromatic N) is 3. The maximum absolute atomic E-state index is 13.1. The number of carbonyl (C=O) groups is 1. The molecule has 1 N–H and O–H groups in total. The van der Waals surface area contributed by atoms with Crippen molar-refractivity contribution in [2.75, 3.05) is 37.9 Å². The van der Waals surface area contributed by atoms with Crippen LogP contribution in [0, 0.1) is 5.82 Å². The number of methoxy groups -OCH3 is 1. The lowest BCUT2D eigenvalue weighted by Crippen LogP contribution is -2.71. The summed E-state index contributed by atoms with van der Waals surface area (Å²) in [5.74, 6) is -0.177. The average molecular weight is 424 g/mol. The van der Waals surface area contributed by atoms with Gasteiger partial charge in [0.1, 0.15) is 16.6 Å². The Morgan fingerprint density at radius 2 is 2.17 bits per heavy atom. The molecule has 0 bridgehead atoms. The molecule has 2 aromatic rings. The van der Waals surface area contributed by atoms with Crippen molar-refractivity contribution in [2.45, 2.75) is 17.4 Å². The Hall–Kier alpha value is -2.66. The number of rotatable bonds is 4. The van der Waals surface area contributed by atoms with E-state index in [-0.39, 0.29) is 38.0 Å². The van der Waals surface area contributed by atoms with Crippen LogP contribution in [0.15, 0.2) is 36.7 Å². The van der Waals surface area contributed by atoms with Gasteiger partial charge in [-0.15, -0.1) is 0 Å². The summed E-state index contributed by atoms with van der Waals surface area (Å²) in [5.41, 5.74) is -0.368. The SMILES string of the molecule is COc1ccccc1NC(=O)N1CC2(C1)CS(=O)(=O)[C@@H](Cn1cc(F)cn1)CO2. The molecular formula is C18H21FN4O5S. The van der Waals surface area contributed by atoms with Gasteiger partial charge in [0.15, 0.2) is 15.7 Å². The first-order valence-corrected chi connectivity index (χ1v) is 10.7. The molecule has 1 aromatic carbocycles. The number of sulfone groups is 1. The first-order valence-electron chi connectivity index (χ1n) is 9.03. The van der Waals surface area contributed by atoms with Gasteiger partial charge in [0.05, 0.1) is 57.2 Å². The van der Waals surface area contributed by atoms with Crippen molar-refractivity contribution in [1.29, 1.82) is 0 Å². The number of ether oxygens (including phenoxy) is 2. The molecule has 1 aromatic heterocycles. The van der Waals surface area contributed by atoms with E-state index in [9.17, 15) is 17.6 Å². The molecule has 0 unspecified atom stereocenters. The molecule has 4 rings (SSSR count). The number of likely N-dealkylation sites (tertiary alicyclic amines) is 1. The van der Waals surface area contributed by atoms with Gasteiger partial charge < -0.3 is 19.7 Å². The number of benzene rings is 1. The van der Waals surface area contributed by atoms with Crippen LogP contribution in [-0.2, 0) is 21.1 Å². The van der Waals surface area contributed by atoms with E-state index in [0.29, 0.717) is 11.4 Å². The van der Waals surface area contributed by atoms with Crippen molar-refractivity contribution in [3.05, 3.63) is 42.5 Å². The zero-order valence-electron chi connectivity index (χ0n) is 15.7. The Kier molecular flexibility index (Phi) is 4.95. The molecule has 0 aliphatic carbocycles. The van der Waals surface area contributed by atoms with Crippen LogP contribution in [0.4, 0.5) is 14.9 Å². The Balaban J connectivity index is 1.36. The summed E-state index contributed by atoms with van der Waals surface area (Å²) in [4.78, 5) is 14.0. The molecule has 1 spiro atoms. The monoisotopic (exact) mass is 424 g/mol. The van der Waals surface area contributed by atoms with Crippen LogP contribution in [0.1, 0.15) is 0 Å². The molecule has 29 heavy (non-hydrogen) atoms. The van der Waals surface area contributed by atoms with Crippen molar-refractivity contribution in [3.8, 4) is 5.75 Å². The predicted molar refractivity (Wildman–Crippen MR) is 102 cm³/mol. The zero-order chi connectivity index (χ0) is 20.6. The first kappa shape index (κ1) is 19.6. The lowest BCUT2D eigenvalue weighted by molar-refractivity contribution is -0.117. The summed E-state index contributed by atoms with van der Waals surface area (Å²) in [6.45, 7) is 0.360. The Labute approximate surface area is 167 Å². The van der Waals surface area contributed by atoms with Gasteiger partial charge in [-0.1, -0.05) is 12.1 Å². The van der Waals surface area contributed by atoms with Gasteiger partial charge in [0, 0.05) is 0 Å². The standard InChI is InChI=1S/C18H21FN4O5S/c1-27-16-5-3-2-4-15(16)21-17(24)22-10-18(11-22)12-29(25,26)14(9-28-18)8-23-7-13(19)6-20-23/h2-7,14H,8-12H2,1H3,(H,21,24)/t14-/m0/s1. The molecule has 2 amide bonds. The maximum Gasteiger partial charge on any atom is 0.322 e. The van der Waals surface area contributed by atoms with E-state index in [4.69, 9.17) is 9.47 Å². The quantitative estimate of drug-likeness (QED) is 0.789. The van der Waals surface area contributed by atoms with E-state index in [1.54, 1.807) is 24.3 Å². The minimum absolute atomic E-state index is 0.0220. The number of amides is 2. The number of hydrogen-bond donors (Lipinski definition) is 1. The third-order valence-corrected chi connectivity index (χ3v) is 7.36. The molecule has 0 radical (unpaired) electrons. The molecule has 11 heteroatoms. The van der Waals surface area contributed by atoms with Gasteiger partial charge in [-0.2, -0.15) is 5.10 Å². The van der Waals surface area contributed by atoms with Crippen LogP contribution >= 0.6 is 0 Å². The lowest BCUT2D eigenvalue weighted by atomic mass is 9.96. The highest BCUT2D eigenvalue weighted by Gasteiger charge is 2.54. The fourth-order valence-corrected chi connectivity index (χ4v) is 5.52. The summed E-state index contributed by atoms with van der Waals surface area (Å²) >= 11 is 0. The van der Waals surface area contributed by atoms with Crippen molar-refractivity contribution >= 4 is 21.6 Å². The van der Waals surface area contributed by atoms with Gasteiger partial charge in [-0.25, -0.2) is 17.6 Å². The number of anilines is 1. The van der Waals surface area contributed by atoms with Gasteiger partial charge in [-0.3, -0.25) is 4.68 Å². The molecular weight excluding hydrogens is 403 g/mol. The molecule has 2 aliphatic heterocycles. The number of urea groups is 1. The van der Waals surface area contributed by atoms with Crippen LogP contribution in [-0.4, -0.2) is 72.5 Å². The Morgan fingerprint density at radius 1 is 1.41 bits per heavy atom. The van der Waals surface area contributed by atoms with Crippen LogP contribution in [0.5, 0.6) is 5.75 Å². The Bertz CT molecular complexity index is 1020. The van der Waals surface area contributed by atoms with Crippen LogP contribution in [0.3, 0.4) is 0 Å². The minimum atomic E-state index is -3.49. The molecule has 156 valence electrons. The highest BCUT2D eigenvalue weighted by molar-refractivity contribution is 7.92. The molecule has 0 saturated carbocycles. The summed E-state index contributed by atoms with van der Waals surface area (Å²) in [6, 6.07) is 6.67. The minimum Gasteiger partial charge on any atom is -0.495 e. The second-order valence-electron chi connectivity index (χ2n) is 7.29. The van der Waals surface area contributed by atoms with Gasteiger partial charge >= 0.3 is 6.03 Å². The normalized spacial score (nSPS) is 22.1. The van der Waals surface area contributed by atoms with E-state index in [1.165, 1.54) is 16.7 Å². The van der Waals surface area contributed by atoms with E-state index in [1.807, 2.05) is 0 Å². The molecule has 3 heterocycles. The smallest absolute Gasteiger partial charge is 0.322 e. The molecule has 2 aliphatic rings. The predicted octanol–water partition coefficient (Wildman–Crippen LogP) is 1.13. The highest BCUT2D eigenvalue weighted by Crippen LogP contribution is 2.34. The summed E-state index contributed by atoms with van der Waals surface area (Å²) in [6.07, 6.45) is 2.18. The highest BCUT2D eigenvalue weighted by atomic mass is 32.2. The fraction of sp³-hybridized carbons (Fsp3) is 0.444. The van der Waals surface area contributed by atoms with Gasteiger partial charge in [0.2, 0.25) is 0 Å². The molecule has 2 saturated heterocycles. The number of halogens is 1. The van der Waals surface area contributed by atoms with E-state index in [0.717, 1.165) is 12.4 Å². The number of aromatic nitrogens is 2. The van der Waals surface area contributed by atoms with Crippen LogP contribution < -0.4 is 10.1 Å². The van der Waals surface area contributed by atoms with Crippen molar-refractivity contribution in [3.63, 3.8) is 0 Å². The second-order valence-corrected chi connectivity index (χ2v) is 9.57. The molecule has 9 nitrogen and oxygen atoms in total. The second kappa shape index (κ2) is 7.30. The summed E-state index contributed by atoms with van der Waals surface area (Å²) < 4.78 is 50.8. The van der Waals surface area contributed by atoms with Crippen LogP contribution in [0.2, 0.25) is 0 Å². The van der Waals surface area contributed by atoms with Crippen molar-refractivity contribution in [1.82, 2.24) is 14.7 Å². The topological polar surface area (TPSA) is 103 Å². The maximum atomic E-state index is 13.1. The lowest BCUT2D eigenvalue weighted by Gasteiger charge is -2.51. The van der Waals surface area contributed by atoms with Crippen molar-refractivity contribution < 1.29 is 27.1 Å². The van der Waals surface area contributed by atoms with Gasteiger partial charge in [-0.05, 0) is 12.1 Å². The largest absolute Gasteiger partial charge is 0.495 e. The molecule has 1 atom stereocenters. The third kappa shape index (κ3) is 3.92. The van der Waals surface area contributed by atoms with E-state index >= 15 is 0 Å². The molecule has 2 fully saturated rings. The number of hydrogen-bond acceptors (Lipinski definition) is 6. The van der Waals surface area contributed by atoms with Gasteiger partial charge in [0.25, 0.3) is 0 Å². The third-order valence-electron chi connectivity index (χ3n) is 5.13. The number of nitrogens with one attached hydrogen (secondary N) is 1. The summed E-state index contributed by atoms with van der Waals surface area (Å²) in [5, 5.41) is 5.74. The first-order chi connectivity index (χ1) is 13.8. The van der Waals surface area contributed by atoms with E-state index in [2.05, 4.69) is 10.4 Å². The Morgan fingerprint density at radius 3 is 2.83 bits per heavy atom. The fourth-order valence-electron chi connectivity index (χ4n) is 3.63. The summed E-state index contributed by atoms with van der Waals surface area (Å²) in [7, 11) is -1.97. The number of para-hydroxylation sites is 2.